The molecule has 0 bridgehead atoms. The number of ether oxygens (including phenoxy) is 2. The van der Waals surface area contributed by atoms with E-state index in [4.69, 9.17) is 9.47 Å². The molecule has 0 aliphatic carbocycles. The van der Waals surface area contributed by atoms with Gasteiger partial charge in [0.25, 0.3) is 10.0 Å². The molecule has 7 nitrogen and oxygen atoms in total. The van der Waals surface area contributed by atoms with Crippen molar-refractivity contribution in [2.24, 2.45) is 0 Å². The normalized spacial score (nSPS) is 12.0. The Hall–Kier alpha value is -3.52. The maximum Gasteiger partial charge on any atom is 0.264 e. The van der Waals surface area contributed by atoms with Crippen molar-refractivity contribution in [2.75, 3.05) is 25.1 Å². The van der Waals surface area contributed by atoms with Gasteiger partial charge >= 0.3 is 0 Å². The second-order valence-electron chi connectivity index (χ2n) is 7.56. The molecule has 0 aliphatic heterocycles. The molecular weight excluding hydrogens is 440 g/mol. The summed E-state index contributed by atoms with van der Waals surface area (Å²) < 4.78 is 38.8. The fraction of sp³-hybridized carbons (Fsp3) is 0.240. The molecule has 0 unspecified atom stereocenters. The van der Waals surface area contributed by atoms with Crippen molar-refractivity contribution in [3.05, 3.63) is 83.9 Å². The quantitative estimate of drug-likeness (QED) is 0.511. The molecule has 1 atom stereocenters. The molecule has 0 saturated carbocycles. The van der Waals surface area contributed by atoms with Crippen molar-refractivity contribution in [2.45, 2.75) is 24.8 Å². The molecule has 0 fully saturated rings. The third kappa shape index (κ3) is 5.64. The Kier molecular flexibility index (Phi) is 7.60. The summed E-state index contributed by atoms with van der Waals surface area (Å²) in [5.74, 6) is 0.626. The topological polar surface area (TPSA) is 84.9 Å². The third-order valence-electron chi connectivity index (χ3n) is 5.21. The molecule has 1 amide bonds. The van der Waals surface area contributed by atoms with E-state index in [2.05, 4.69) is 5.32 Å². The molecule has 33 heavy (non-hydrogen) atoms. The third-order valence-corrected chi connectivity index (χ3v) is 6.99. The highest BCUT2D eigenvalue weighted by Crippen LogP contribution is 2.33. The summed E-state index contributed by atoms with van der Waals surface area (Å²) in [5.41, 5.74) is 2.01. The van der Waals surface area contributed by atoms with Gasteiger partial charge in [0.05, 0.1) is 30.8 Å². The first-order valence-corrected chi connectivity index (χ1v) is 11.9. The number of anilines is 1. The molecule has 0 saturated heterocycles. The van der Waals surface area contributed by atoms with E-state index in [1.54, 1.807) is 37.4 Å². The van der Waals surface area contributed by atoms with Gasteiger partial charge in [-0.25, -0.2) is 8.42 Å². The largest absolute Gasteiger partial charge is 0.497 e. The van der Waals surface area contributed by atoms with E-state index >= 15 is 0 Å². The van der Waals surface area contributed by atoms with Crippen molar-refractivity contribution in [3.63, 3.8) is 0 Å². The van der Waals surface area contributed by atoms with Gasteiger partial charge < -0.3 is 14.8 Å². The fourth-order valence-electron chi connectivity index (χ4n) is 3.41. The Labute approximate surface area is 195 Å². The SMILES string of the molecule is COc1ccc([C@H](C)NC(=O)CN(c2cc(C)ccc2OC)S(=O)(=O)c2ccccc2)cc1. The summed E-state index contributed by atoms with van der Waals surface area (Å²) in [4.78, 5) is 13.1. The molecule has 0 heterocycles. The lowest BCUT2D eigenvalue weighted by Crippen LogP contribution is -2.41. The van der Waals surface area contributed by atoms with Crippen molar-refractivity contribution >= 4 is 21.6 Å². The average molecular weight is 469 g/mol. The number of nitrogens with one attached hydrogen (secondary N) is 1. The smallest absolute Gasteiger partial charge is 0.264 e. The number of methoxy groups -OCH3 is 2. The summed E-state index contributed by atoms with van der Waals surface area (Å²) in [6, 6.07) is 20.2. The zero-order valence-corrected chi connectivity index (χ0v) is 19.9. The maximum absolute atomic E-state index is 13.6. The standard InChI is InChI=1S/C25H28N2O5S/c1-18-10-15-24(32-4)23(16-18)27(33(29,30)22-8-6-5-7-9-22)17-25(28)26-19(2)20-11-13-21(31-3)14-12-20/h5-16,19H,17H2,1-4H3,(H,26,28)/t19-/m0/s1. The first-order chi connectivity index (χ1) is 15.8. The Morgan fingerprint density at radius 3 is 2.24 bits per heavy atom. The zero-order valence-electron chi connectivity index (χ0n) is 19.1. The molecule has 3 aromatic carbocycles. The van der Waals surface area contributed by atoms with Crippen molar-refractivity contribution in [3.8, 4) is 11.5 Å². The van der Waals surface area contributed by atoms with Gasteiger partial charge in [-0.2, -0.15) is 0 Å². The highest BCUT2D eigenvalue weighted by Gasteiger charge is 2.30. The number of nitrogens with zero attached hydrogens (tertiary/aromatic N) is 1. The predicted molar refractivity (Wildman–Crippen MR) is 128 cm³/mol. The highest BCUT2D eigenvalue weighted by atomic mass is 32.2. The second kappa shape index (κ2) is 10.4. The molecule has 3 rings (SSSR count). The minimum atomic E-state index is -4.03. The monoisotopic (exact) mass is 468 g/mol. The molecule has 0 spiro atoms. The first-order valence-electron chi connectivity index (χ1n) is 10.4. The number of aryl methyl sites for hydroxylation is 1. The van der Waals surface area contributed by atoms with Crippen LogP contribution in [-0.2, 0) is 14.8 Å². The number of benzene rings is 3. The van der Waals surface area contributed by atoms with Gasteiger partial charge in [0.2, 0.25) is 5.91 Å². The number of hydrogen-bond donors (Lipinski definition) is 1. The fourth-order valence-corrected chi connectivity index (χ4v) is 4.85. The summed E-state index contributed by atoms with van der Waals surface area (Å²) in [6.45, 7) is 3.28. The molecule has 1 N–H and O–H groups in total. The van der Waals surface area contributed by atoms with Gasteiger partial charge in [0.15, 0.2) is 0 Å². The Morgan fingerprint density at radius 1 is 0.970 bits per heavy atom. The summed E-state index contributed by atoms with van der Waals surface area (Å²) in [7, 11) is -0.982. The summed E-state index contributed by atoms with van der Waals surface area (Å²) >= 11 is 0. The van der Waals surface area contributed by atoms with E-state index in [0.29, 0.717) is 17.2 Å². The van der Waals surface area contributed by atoms with Gasteiger partial charge in [-0.05, 0) is 61.4 Å². The molecule has 8 heteroatoms. The van der Waals surface area contributed by atoms with Crippen LogP contribution in [0.3, 0.4) is 0 Å². The molecule has 3 aromatic rings. The van der Waals surface area contributed by atoms with E-state index < -0.39 is 22.5 Å². The molecule has 0 aromatic heterocycles. The van der Waals surface area contributed by atoms with Gasteiger partial charge in [0.1, 0.15) is 18.0 Å². The lowest BCUT2D eigenvalue weighted by atomic mass is 10.1. The predicted octanol–water partition coefficient (Wildman–Crippen LogP) is 4.08. The van der Waals surface area contributed by atoms with E-state index in [0.717, 1.165) is 15.4 Å². The number of sulfonamides is 1. The van der Waals surface area contributed by atoms with Gasteiger partial charge in [-0.1, -0.05) is 36.4 Å². The first kappa shape index (κ1) is 24.1. The summed E-state index contributed by atoms with van der Waals surface area (Å²) in [6.07, 6.45) is 0. The van der Waals surface area contributed by atoms with Gasteiger partial charge in [-0.15, -0.1) is 0 Å². The maximum atomic E-state index is 13.6. The Bertz CT molecular complexity index is 1200. The van der Waals surface area contributed by atoms with Crippen molar-refractivity contribution < 1.29 is 22.7 Å². The van der Waals surface area contributed by atoms with Crippen LogP contribution < -0.4 is 19.1 Å². The highest BCUT2D eigenvalue weighted by molar-refractivity contribution is 7.92. The molecule has 0 radical (unpaired) electrons. The second-order valence-corrected chi connectivity index (χ2v) is 9.42. The lowest BCUT2D eigenvalue weighted by Gasteiger charge is -2.26. The van der Waals surface area contributed by atoms with Crippen molar-refractivity contribution in [1.82, 2.24) is 5.32 Å². The van der Waals surface area contributed by atoms with Crippen LogP contribution >= 0.6 is 0 Å². The number of carbonyl (C=O) groups is 1. The average Bonchev–Trinajstić information content (AvgIpc) is 2.83. The number of rotatable bonds is 9. The van der Waals surface area contributed by atoms with Crippen LogP contribution in [0.2, 0.25) is 0 Å². The van der Waals surface area contributed by atoms with Gasteiger partial charge in [-0.3, -0.25) is 9.10 Å². The van der Waals surface area contributed by atoms with Crippen LogP contribution in [0.4, 0.5) is 5.69 Å². The Morgan fingerprint density at radius 2 is 1.64 bits per heavy atom. The van der Waals surface area contributed by atoms with Crippen LogP contribution in [0.25, 0.3) is 0 Å². The minimum Gasteiger partial charge on any atom is -0.497 e. The Balaban J connectivity index is 1.93. The molecule has 0 aliphatic rings. The van der Waals surface area contributed by atoms with E-state index in [1.165, 1.54) is 19.2 Å². The van der Waals surface area contributed by atoms with Crippen LogP contribution in [0.5, 0.6) is 11.5 Å². The van der Waals surface area contributed by atoms with E-state index in [9.17, 15) is 13.2 Å². The van der Waals surface area contributed by atoms with Crippen molar-refractivity contribution in [1.29, 1.82) is 0 Å². The lowest BCUT2D eigenvalue weighted by molar-refractivity contribution is -0.120. The van der Waals surface area contributed by atoms with E-state index in [1.807, 2.05) is 44.2 Å². The van der Waals surface area contributed by atoms with Gasteiger partial charge in [0, 0.05) is 0 Å². The van der Waals surface area contributed by atoms with E-state index in [-0.39, 0.29) is 10.9 Å². The van der Waals surface area contributed by atoms with Crippen LogP contribution in [0, 0.1) is 6.92 Å². The number of hydrogen-bond acceptors (Lipinski definition) is 5. The van der Waals surface area contributed by atoms with Crippen LogP contribution in [0.1, 0.15) is 24.1 Å². The molecular formula is C25H28N2O5S. The molecule has 174 valence electrons. The summed E-state index contributed by atoms with van der Waals surface area (Å²) in [5, 5.41) is 2.88. The minimum absolute atomic E-state index is 0.0876. The van der Waals surface area contributed by atoms with Crippen LogP contribution in [0.15, 0.2) is 77.7 Å². The number of amides is 1. The van der Waals surface area contributed by atoms with Crippen LogP contribution in [-0.4, -0.2) is 35.1 Å². The number of carbonyl (C=O) groups excluding carboxylic acids is 1. The zero-order chi connectivity index (χ0) is 24.0.